The molecule has 2 aromatic rings. The van der Waals surface area contributed by atoms with Gasteiger partial charge < -0.3 is 19.7 Å². The average molecular weight is 439 g/mol. The maximum atomic E-state index is 13.3. The smallest absolute Gasteiger partial charge is 0.242 e. The van der Waals surface area contributed by atoms with Crippen LogP contribution >= 0.6 is 0 Å². The van der Waals surface area contributed by atoms with E-state index in [2.05, 4.69) is 12.2 Å². The first-order valence-electron chi connectivity index (χ1n) is 11.5. The van der Waals surface area contributed by atoms with Crippen molar-refractivity contribution in [3.63, 3.8) is 0 Å². The Morgan fingerprint density at radius 3 is 2.47 bits per heavy atom. The summed E-state index contributed by atoms with van der Waals surface area (Å²) in [5, 5.41) is 3.00. The summed E-state index contributed by atoms with van der Waals surface area (Å²) < 4.78 is 10.8. The second-order valence-corrected chi connectivity index (χ2v) is 8.26. The molecule has 0 radical (unpaired) electrons. The van der Waals surface area contributed by atoms with E-state index in [-0.39, 0.29) is 18.6 Å². The van der Waals surface area contributed by atoms with Gasteiger partial charge in [-0.25, -0.2) is 0 Å². The van der Waals surface area contributed by atoms with Crippen LogP contribution in [-0.4, -0.2) is 36.1 Å². The number of hydrogen-bond donors (Lipinski definition) is 1. The molecule has 2 amide bonds. The maximum absolute atomic E-state index is 13.3. The van der Waals surface area contributed by atoms with Crippen molar-refractivity contribution in [2.75, 3.05) is 13.3 Å². The summed E-state index contributed by atoms with van der Waals surface area (Å²) >= 11 is 0. The fraction of sp³-hybridized carbons (Fsp3) is 0.462. The number of fused-ring (bicyclic) bond motifs is 1. The lowest BCUT2D eigenvalue weighted by molar-refractivity contribution is -0.141. The highest BCUT2D eigenvalue weighted by Crippen LogP contribution is 2.32. The second-order valence-electron chi connectivity index (χ2n) is 8.26. The van der Waals surface area contributed by atoms with Crippen LogP contribution in [0.2, 0.25) is 0 Å². The van der Waals surface area contributed by atoms with Crippen molar-refractivity contribution in [3.8, 4) is 11.5 Å². The summed E-state index contributed by atoms with van der Waals surface area (Å²) in [5.41, 5.74) is 3.20. The Kier molecular flexibility index (Phi) is 8.54. The summed E-state index contributed by atoms with van der Waals surface area (Å²) in [4.78, 5) is 28.0. The SMILES string of the molecule is CCCCNC(=O)[C@H](CC)N(Cc1ccc(C)cc1)C(=O)CCc1ccc2c(c1)OCO2. The number of nitrogens with zero attached hydrogens (tertiary/aromatic N) is 1. The van der Waals surface area contributed by atoms with E-state index in [1.54, 1.807) is 4.90 Å². The van der Waals surface area contributed by atoms with Gasteiger partial charge in [0, 0.05) is 19.5 Å². The van der Waals surface area contributed by atoms with Crippen molar-refractivity contribution in [1.82, 2.24) is 10.2 Å². The van der Waals surface area contributed by atoms with Crippen molar-refractivity contribution in [3.05, 3.63) is 59.2 Å². The summed E-state index contributed by atoms with van der Waals surface area (Å²) in [6.07, 6.45) is 3.41. The molecule has 6 nitrogen and oxygen atoms in total. The van der Waals surface area contributed by atoms with E-state index >= 15 is 0 Å². The van der Waals surface area contributed by atoms with Gasteiger partial charge in [0.15, 0.2) is 11.5 Å². The standard InChI is InChI=1S/C26H34N2O4/c1-4-6-15-27-26(30)22(5-2)28(17-21-9-7-19(3)8-10-21)25(29)14-12-20-11-13-23-24(16-20)32-18-31-23/h7-11,13,16,22H,4-6,12,14-15,17-18H2,1-3H3,(H,27,30)/t22-/m0/s1. The molecule has 1 aliphatic rings. The van der Waals surface area contributed by atoms with Gasteiger partial charge in [-0.2, -0.15) is 0 Å². The highest BCUT2D eigenvalue weighted by Gasteiger charge is 2.28. The Morgan fingerprint density at radius 2 is 1.75 bits per heavy atom. The number of unbranched alkanes of at least 4 members (excludes halogenated alkanes) is 1. The number of nitrogens with one attached hydrogen (secondary N) is 1. The lowest BCUT2D eigenvalue weighted by atomic mass is 10.1. The summed E-state index contributed by atoms with van der Waals surface area (Å²) in [7, 11) is 0. The third kappa shape index (κ3) is 6.25. The molecule has 1 heterocycles. The molecule has 1 atom stereocenters. The lowest BCUT2D eigenvalue weighted by Crippen LogP contribution is -2.49. The minimum Gasteiger partial charge on any atom is -0.454 e. The number of hydrogen-bond acceptors (Lipinski definition) is 4. The lowest BCUT2D eigenvalue weighted by Gasteiger charge is -2.31. The van der Waals surface area contributed by atoms with Gasteiger partial charge in [0.1, 0.15) is 6.04 Å². The Balaban J connectivity index is 1.72. The van der Waals surface area contributed by atoms with Crippen molar-refractivity contribution >= 4 is 11.8 Å². The van der Waals surface area contributed by atoms with E-state index in [0.29, 0.717) is 38.1 Å². The third-order valence-electron chi connectivity index (χ3n) is 5.75. The van der Waals surface area contributed by atoms with Crippen molar-refractivity contribution < 1.29 is 19.1 Å². The van der Waals surface area contributed by atoms with Gasteiger partial charge in [-0.05, 0) is 49.4 Å². The molecule has 0 spiro atoms. The monoisotopic (exact) mass is 438 g/mol. The molecule has 0 unspecified atom stereocenters. The third-order valence-corrected chi connectivity index (χ3v) is 5.75. The van der Waals surface area contributed by atoms with Gasteiger partial charge in [0.05, 0.1) is 0 Å². The quantitative estimate of drug-likeness (QED) is 0.529. The Labute approximate surface area is 190 Å². The highest BCUT2D eigenvalue weighted by atomic mass is 16.7. The molecule has 0 saturated heterocycles. The van der Waals surface area contributed by atoms with Crippen LogP contribution in [0.15, 0.2) is 42.5 Å². The fourth-order valence-corrected chi connectivity index (χ4v) is 3.81. The summed E-state index contributed by atoms with van der Waals surface area (Å²) in [5.74, 6) is 1.34. The summed E-state index contributed by atoms with van der Waals surface area (Å²) in [6.45, 7) is 7.36. The van der Waals surface area contributed by atoms with Gasteiger partial charge in [-0.1, -0.05) is 56.2 Å². The molecule has 1 N–H and O–H groups in total. The maximum Gasteiger partial charge on any atom is 0.242 e. The number of benzene rings is 2. The van der Waals surface area contributed by atoms with E-state index in [0.717, 1.165) is 29.7 Å². The number of ether oxygens (including phenoxy) is 2. The molecule has 6 heteroatoms. The number of amides is 2. The molecule has 32 heavy (non-hydrogen) atoms. The molecule has 3 rings (SSSR count). The number of rotatable bonds is 11. The van der Waals surface area contributed by atoms with Gasteiger partial charge >= 0.3 is 0 Å². The van der Waals surface area contributed by atoms with Gasteiger partial charge in [0.25, 0.3) is 0 Å². The zero-order chi connectivity index (χ0) is 22.9. The van der Waals surface area contributed by atoms with Crippen LogP contribution in [0.5, 0.6) is 11.5 Å². The first-order valence-corrected chi connectivity index (χ1v) is 11.5. The molecule has 0 bridgehead atoms. The molecule has 2 aromatic carbocycles. The molecule has 0 saturated carbocycles. The van der Waals surface area contributed by atoms with Crippen molar-refractivity contribution in [2.24, 2.45) is 0 Å². The zero-order valence-electron chi connectivity index (χ0n) is 19.4. The molecule has 0 fully saturated rings. The molecule has 1 aliphatic heterocycles. The van der Waals surface area contributed by atoms with E-state index in [4.69, 9.17) is 9.47 Å². The van der Waals surface area contributed by atoms with Gasteiger partial charge in [-0.3, -0.25) is 9.59 Å². The average Bonchev–Trinajstić information content (AvgIpc) is 3.27. The molecular formula is C26H34N2O4. The number of aryl methyl sites for hydroxylation is 2. The van der Waals surface area contributed by atoms with Crippen LogP contribution < -0.4 is 14.8 Å². The Hall–Kier alpha value is -3.02. The predicted molar refractivity (Wildman–Crippen MR) is 125 cm³/mol. The normalized spacial score (nSPS) is 13.0. The van der Waals surface area contributed by atoms with E-state index in [1.807, 2.05) is 56.3 Å². The number of carbonyl (C=O) groups excluding carboxylic acids is 2. The van der Waals surface area contributed by atoms with Crippen LogP contribution in [0, 0.1) is 6.92 Å². The highest BCUT2D eigenvalue weighted by molar-refractivity contribution is 5.87. The molecule has 172 valence electrons. The van der Waals surface area contributed by atoms with Crippen LogP contribution in [0.4, 0.5) is 0 Å². The Morgan fingerprint density at radius 1 is 1.03 bits per heavy atom. The molecule has 0 aromatic heterocycles. The van der Waals surface area contributed by atoms with Gasteiger partial charge in [0.2, 0.25) is 18.6 Å². The fourth-order valence-electron chi connectivity index (χ4n) is 3.81. The molecular weight excluding hydrogens is 404 g/mol. The second kappa shape index (κ2) is 11.6. The van der Waals surface area contributed by atoms with Gasteiger partial charge in [-0.15, -0.1) is 0 Å². The first-order chi connectivity index (χ1) is 15.5. The van der Waals surface area contributed by atoms with E-state index in [9.17, 15) is 9.59 Å². The zero-order valence-corrected chi connectivity index (χ0v) is 19.4. The molecule has 0 aliphatic carbocycles. The summed E-state index contributed by atoms with van der Waals surface area (Å²) in [6, 6.07) is 13.4. The van der Waals surface area contributed by atoms with Crippen molar-refractivity contribution in [2.45, 2.75) is 65.5 Å². The van der Waals surface area contributed by atoms with Crippen LogP contribution in [0.1, 0.15) is 56.2 Å². The Bertz CT molecular complexity index is 911. The largest absolute Gasteiger partial charge is 0.454 e. The van der Waals surface area contributed by atoms with Crippen LogP contribution in [-0.2, 0) is 22.6 Å². The minimum absolute atomic E-state index is 0.0271. The van der Waals surface area contributed by atoms with E-state index < -0.39 is 6.04 Å². The predicted octanol–water partition coefficient (Wildman–Crippen LogP) is 4.38. The van der Waals surface area contributed by atoms with Crippen molar-refractivity contribution in [1.29, 1.82) is 0 Å². The van der Waals surface area contributed by atoms with Crippen LogP contribution in [0.25, 0.3) is 0 Å². The van der Waals surface area contributed by atoms with E-state index in [1.165, 1.54) is 5.56 Å². The number of carbonyl (C=O) groups is 2. The topological polar surface area (TPSA) is 67.9 Å². The van der Waals surface area contributed by atoms with Crippen LogP contribution in [0.3, 0.4) is 0 Å². The first kappa shape index (κ1) is 23.6. The minimum atomic E-state index is -0.489.